The Bertz CT molecular complexity index is 638. The summed E-state index contributed by atoms with van der Waals surface area (Å²) >= 11 is 6.14. The van der Waals surface area contributed by atoms with Gasteiger partial charge in [0.2, 0.25) is 0 Å². The van der Waals surface area contributed by atoms with Crippen molar-refractivity contribution in [1.82, 2.24) is 19.3 Å². The fraction of sp³-hybridized carbons (Fsp3) is 0.733. The van der Waals surface area contributed by atoms with E-state index in [1.807, 2.05) is 11.7 Å². The Morgan fingerprint density at radius 1 is 1.40 bits per heavy atom. The predicted octanol–water partition coefficient (Wildman–Crippen LogP) is 3.82. The SMILES string of the molecule is CCc1nn(C)c2c1nc(CCl)n2C1CCC(C)(C)C1. The number of halogens is 1. The van der Waals surface area contributed by atoms with Crippen molar-refractivity contribution in [1.29, 1.82) is 0 Å². The number of rotatable bonds is 3. The van der Waals surface area contributed by atoms with Gasteiger partial charge in [0.25, 0.3) is 0 Å². The third-order valence-corrected chi connectivity index (χ3v) is 4.81. The number of alkyl halides is 1. The van der Waals surface area contributed by atoms with Gasteiger partial charge in [0.15, 0.2) is 5.65 Å². The quantitative estimate of drug-likeness (QED) is 0.807. The van der Waals surface area contributed by atoms with Crippen LogP contribution in [0.3, 0.4) is 0 Å². The Labute approximate surface area is 125 Å². The molecule has 1 aliphatic rings. The third kappa shape index (κ3) is 2.05. The molecule has 5 heteroatoms. The van der Waals surface area contributed by atoms with E-state index >= 15 is 0 Å². The molecule has 1 fully saturated rings. The molecule has 0 spiro atoms. The van der Waals surface area contributed by atoms with Crippen molar-refractivity contribution in [2.75, 3.05) is 0 Å². The Morgan fingerprint density at radius 2 is 2.15 bits per heavy atom. The van der Waals surface area contributed by atoms with Gasteiger partial charge < -0.3 is 4.57 Å². The first kappa shape index (κ1) is 13.9. The van der Waals surface area contributed by atoms with Gasteiger partial charge in [0.05, 0.1) is 11.6 Å². The fourth-order valence-electron chi connectivity index (χ4n) is 3.58. The van der Waals surface area contributed by atoms with Gasteiger partial charge in [-0.15, -0.1) is 11.6 Å². The fourth-order valence-corrected chi connectivity index (χ4v) is 3.77. The molecule has 0 saturated heterocycles. The molecule has 0 N–H and O–H groups in total. The molecule has 1 aliphatic carbocycles. The average Bonchev–Trinajstić information content (AvgIpc) is 3.02. The molecule has 1 unspecified atom stereocenters. The van der Waals surface area contributed by atoms with Gasteiger partial charge in [-0.2, -0.15) is 5.10 Å². The highest BCUT2D eigenvalue weighted by molar-refractivity contribution is 6.16. The number of hydrogen-bond acceptors (Lipinski definition) is 2. The second-order valence-corrected chi connectivity index (χ2v) is 6.96. The van der Waals surface area contributed by atoms with Crippen LogP contribution in [0.4, 0.5) is 0 Å². The van der Waals surface area contributed by atoms with Crippen molar-refractivity contribution in [3.63, 3.8) is 0 Å². The number of nitrogens with zero attached hydrogens (tertiary/aromatic N) is 4. The molecule has 0 aliphatic heterocycles. The Morgan fingerprint density at radius 3 is 2.70 bits per heavy atom. The summed E-state index contributed by atoms with van der Waals surface area (Å²) < 4.78 is 4.33. The second-order valence-electron chi connectivity index (χ2n) is 6.69. The number of imidazole rings is 1. The van der Waals surface area contributed by atoms with Crippen molar-refractivity contribution in [3.8, 4) is 0 Å². The minimum absolute atomic E-state index is 0.414. The molecule has 2 aromatic heterocycles. The highest BCUT2D eigenvalue weighted by atomic mass is 35.5. The molecule has 0 bridgehead atoms. The Balaban J connectivity index is 2.16. The molecule has 20 heavy (non-hydrogen) atoms. The predicted molar refractivity (Wildman–Crippen MR) is 82.1 cm³/mol. The average molecular weight is 295 g/mol. The van der Waals surface area contributed by atoms with Crippen LogP contribution in [0.5, 0.6) is 0 Å². The molecule has 2 aromatic rings. The minimum atomic E-state index is 0.414. The molecule has 2 heterocycles. The van der Waals surface area contributed by atoms with Crippen molar-refractivity contribution in [3.05, 3.63) is 11.5 Å². The highest BCUT2D eigenvalue weighted by Gasteiger charge is 2.34. The molecular formula is C15H23ClN4. The molecule has 1 atom stereocenters. The van der Waals surface area contributed by atoms with Gasteiger partial charge in [-0.3, -0.25) is 4.68 Å². The number of aryl methyl sites for hydroxylation is 2. The number of aromatic nitrogens is 4. The summed E-state index contributed by atoms with van der Waals surface area (Å²) in [7, 11) is 2.01. The van der Waals surface area contributed by atoms with Crippen LogP contribution < -0.4 is 0 Å². The molecule has 110 valence electrons. The minimum Gasteiger partial charge on any atom is -0.309 e. The van der Waals surface area contributed by atoms with Crippen molar-refractivity contribution >= 4 is 22.8 Å². The summed E-state index contributed by atoms with van der Waals surface area (Å²) in [4.78, 5) is 4.76. The van der Waals surface area contributed by atoms with E-state index < -0.39 is 0 Å². The number of hydrogen-bond donors (Lipinski definition) is 0. The van der Waals surface area contributed by atoms with Gasteiger partial charge in [-0.05, 0) is 31.1 Å². The van der Waals surface area contributed by atoms with Gasteiger partial charge in [0.1, 0.15) is 11.3 Å². The third-order valence-electron chi connectivity index (χ3n) is 4.57. The van der Waals surface area contributed by atoms with Gasteiger partial charge >= 0.3 is 0 Å². The van der Waals surface area contributed by atoms with Crippen LogP contribution in [-0.2, 0) is 19.3 Å². The summed E-state index contributed by atoms with van der Waals surface area (Å²) in [5.41, 5.74) is 3.66. The lowest BCUT2D eigenvalue weighted by Gasteiger charge is -2.19. The zero-order valence-electron chi connectivity index (χ0n) is 12.8. The lowest BCUT2D eigenvalue weighted by Crippen LogP contribution is -2.13. The van der Waals surface area contributed by atoms with Crippen LogP contribution in [-0.4, -0.2) is 19.3 Å². The van der Waals surface area contributed by atoms with Gasteiger partial charge in [-0.1, -0.05) is 20.8 Å². The van der Waals surface area contributed by atoms with E-state index in [1.165, 1.54) is 19.3 Å². The summed E-state index contributed by atoms with van der Waals surface area (Å²) in [6.07, 6.45) is 4.56. The smallest absolute Gasteiger partial charge is 0.158 e. The Hall–Kier alpha value is -1.03. The van der Waals surface area contributed by atoms with E-state index in [1.54, 1.807) is 0 Å². The normalized spacial score (nSPS) is 21.9. The van der Waals surface area contributed by atoms with E-state index in [4.69, 9.17) is 16.6 Å². The molecule has 0 radical (unpaired) electrons. The second kappa shape index (κ2) is 4.76. The van der Waals surface area contributed by atoms with Crippen LogP contribution in [0.2, 0.25) is 0 Å². The molecular weight excluding hydrogens is 272 g/mol. The molecule has 3 rings (SSSR count). The van der Waals surface area contributed by atoms with Gasteiger partial charge in [-0.25, -0.2) is 4.98 Å². The zero-order chi connectivity index (χ0) is 14.5. The largest absolute Gasteiger partial charge is 0.309 e. The summed E-state index contributed by atoms with van der Waals surface area (Å²) in [5, 5.41) is 4.60. The van der Waals surface area contributed by atoms with Crippen molar-refractivity contribution < 1.29 is 0 Å². The molecule has 1 saturated carbocycles. The van der Waals surface area contributed by atoms with Crippen LogP contribution >= 0.6 is 11.6 Å². The van der Waals surface area contributed by atoms with E-state index in [0.29, 0.717) is 17.3 Å². The Kier molecular flexibility index (Phi) is 3.32. The summed E-state index contributed by atoms with van der Waals surface area (Å²) in [5.74, 6) is 1.46. The van der Waals surface area contributed by atoms with Crippen molar-refractivity contribution in [2.24, 2.45) is 12.5 Å². The summed E-state index contributed by atoms with van der Waals surface area (Å²) in [6, 6.07) is 0.504. The van der Waals surface area contributed by atoms with E-state index in [-0.39, 0.29) is 0 Å². The lowest BCUT2D eigenvalue weighted by molar-refractivity contribution is 0.358. The molecule has 0 amide bonds. The standard InChI is InChI=1S/C15H23ClN4/c1-5-11-13-14(19(4)18-11)20(12(9-16)17-13)10-6-7-15(2,3)8-10/h10H,5-9H2,1-4H3. The van der Waals surface area contributed by atoms with Crippen LogP contribution in [0.15, 0.2) is 0 Å². The number of fused-ring (bicyclic) bond motifs is 1. The molecule has 4 nitrogen and oxygen atoms in total. The molecule has 0 aromatic carbocycles. The first-order chi connectivity index (χ1) is 9.46. The first-order valence-corrected chi connectivity index (χ1v) is 7.99. The topological polar surface area (TPSA) is 35.6 Å². The monoisotopic (exact) mass is 294 g/mol. The lowest BCUT2D eigenvalue weighted by atomic mass is 9.92. The van der Waals surface area contributed by atoms with Crippen LogP contribution in [0, 0.1) is 5.41 Å². The summed E-state index contributed by atoms with van der Waals surface area (Å²) in [6.45, 7) is 6.82. The van der Waals surface area contributed by atoms with Gasteiger partial charge in [0, 0.05) is 13.1 Å². The zero-order valence-corrected chi connectivity index (χ0v) is 13.5. The van der Waals surface area contributed by atoms with Crippen LogP contribution in [0.25, 0.3) is 11.2 Å². The van der Waals surface area contributed by atoms with E-state index in [0.717, 1.165) is 29.1 Å². The maximum atomic E-state index is 6.14. The first-order valence-electron chi connectivity index (χ1n) is 7.45. The van der Waals surface area contributed by atoms with Crippen LogP contribution in [0.1, 0.15) is 57.6 Å². The highest BCUT2D eigenvalue weighted by Crippen LogP contribution is 2.45. The van der Waals surface area contributed by atoms with Crippen molar-refractivity contribution in [2.45, 2.75) is 58.4 Å². The van der Waals surface area contributed by atoms with E-state index in [2.05, 4.69) is 30.4 Å². The maximum Gasteiger partial charge on any atom is 0.158 e. The maximum absolute atomic E-state index is 6.14. The van der Waals surface area contributed by atoms with E-state index in [9.17, 15) is 0 Å².